The van der Waals surface area contributed by atoms with Gasteiger partial charge in [-0.2, -0.15) is 0 Å². The van der Waals surface area contributed by atoms with E-state index in [9.17, 15) is 14.4 Å². The van der Waals surface area contributed by atoms with E-state index in [0.717, 1.165) is 12.0 Å². The van der Waals surface area contributed by atoms with Crippen molar-refractivity contribution in [2.24, 2.45) is 5.92 Å². The molecule has 0 saturated carbocycles. The van der Waals surface area contributed by atoms with Gasteiger partial charge in [0.05, 0.1) is 12.3 Å². The molecule has 24 heavy (non-hydrogen) atoms. The highest BCUT2D eigenvalue weighted by Crippen LogP contribution is 2.20. The molecule has 6 heteroatoms. The molecule has 1 saturated heterocycles. The number of likely N-dealkylation sites (N-methyl/N-ethyl adjacent to an activating group) is 1. The summed E-state index contributed by atoms with van der Waals surface area (Å²) < 4.78 is 0. The highest BCUT2D eigenvalue weighted by molar-refractivity contribution is 5.86. The number of nitrogens with zero attached hydrogens (tertiary/aromatic N) is 2. The number of carboxylic acids is 1. The largest absolute Gasteiger partial charge is 0.480 e. The van der Waals surface area contributed by atoms with Crippen molar-refractivity contribution < 1.29 is 19.5 Å². The third-order valence-corrected chi connectivity index (χ3v) is 4.61. The number of carboxylic acid groups (broad SMARTS) is 1. The van der Waals surface area contributed by atoms with Crippen molar-refractivity contribution in [2.45, 2.75) is 32.2 Å². The Morgan fingerprint density at radius 1 is 1.29 bits per heavy atom. The molecule has 0 aromatic heterocycles. The van der Waals surface area contributed by atoms with Gasteiger partial charge in [-0.3, -0.25) is 9.59 Å². The Hall–Kier alpha value is -2.37. The number of benzene rings is 1. The molecule has 6 nitrogen and oxygen atoms in total. The number of piperidine rings is 1. The lowest BCUT2D eigenvalue weighted by molar-refractivity contribution is -0.151. The maximum absolute atomic E-state index is 12.5. The molecule has 0 aliphatic carbocycles. The topological polar surface area (TPSA) is 77.9 Å². The first kappa shape index (κ1) is 18.0. The summed E-state index contributed by atoms with van der Waals surface area (Å²) in [6.07, 6.45) is 1.76. The number of rotatable bonds is 5. The third kappa shape index (κ3) is 4.34. The van der Waals surface area contributed by atoms with Crippen molar-refractivity contribution in [3.05, 3.63) is 35.9 Å². The van der Waals surface area contributed by atoms with Crippen LogP contribution in [0.1, 0.15) is 25.3 Å². The van der Waals surface area contributed by atoms with Gasteiger partial charge >= 0.3 is 5.97 Å². The number of amides is 2. The van der Waals surface area contributed by atoms with Gasteiger partial charge in [0.25, 0.3) is 0 Å². The van der Waals surface area contributed by atoms with E-state index in [1.165, 1.54) is 18.9 Å². The Labute approximate surface area is 142 Å². The van der Waals surface area contributed by atoms with Crippen LogP contribution in [0.25, 0.3) is 0 Å². The number of aliphatic carboxylic acids is 1. The van der Waals surface area contributed by atoms with Gasteiger partial charge in [-0.1, -0.05) is 30.3 Å². The first-order chi connectivity index (χ1) is 11.4. The lowest BCUT2D eigenvalue weighted by Gasteiger charge is -2.35. The lowest BCUT2D eigenvalue weighted by Crippen LogP contribution is -2.49. The van der Waals surface area contributed by atoms with Crippen LogP contribution in [0.5, 0.6) is 0 Å². The van der Waals surface area contributed by atoms with Crippen LogP contribution < -0.4 is 0 Å². The van der Waals surface area contributed by atoms with Crippen LogP contribution in [0.2, 0.25) is 0 Å². The second-order valence-corrected chi connectivity index (χ2v) is 6.30. The van der Waals surface area contributed by atoms with Gasteiger partial charge in [0, 0.05) is 20.1 Å². The number of hydrogen-bond acceptors (Lipinski definition) is 3. The smallest absolute Gasteiger partial charge is 0.326 e. The minimum Gasteiger partial charge on any atom is -0.480 e. The lowest BCUT2D eigenvalue weighted by atomic mass is 9.95. The van der Waals surface area contributed by atoms with E-state index in [4.69, 9.17) is 5.11 Å². The zero-order valence-electron chi connectivity index (χ0n) is 14.1. The standard InChI is InChI=1S/C18H24N2O4/c1-13(18(23)24)19(2)17(22)15-9-6-10-20(12-15)16(21)11-14-7-4-3-5-8-14/h3-5,7-8,13,15H,6,9-12H2,1-2H3,(H,23,24). The Morgan fingerprint density at radius 2 is 1.96 bits per heavy atom. The zero-order chi connectivity index (χ0) is 17.7. The van der Waals surface area contributed by atoms with Crippen LogP contribution >= 0.6 is 0 Å². The van der Waals surface area contributed by atoms with E-state index in [2.05, 4.69) is 0 Å². The first-order valence-corrected chi connectivity index (χ1v) is 8.21. The van der Waals surface area contributed by atoms with Crippen LogP contribution in [-0.4, -0.2) is 58.9 Å². The summed E-state index contributed by atoms with van der Waals surface area (Å²) in [5.41, 5.74) is 0.951. The zero-order valence-corrected chi connectivity index (χ0v) is 14.1. The summed E-state index contributed by atoms with van der Waals surface area (Å²) in [6.45, 7) is 2.50. The molecule has 0 bridgehead atoms. The third-order valence-electron chi connectivity index (χ3n) is 4.61. The van der Waals surface area contributed by atoms with Crippen molar-refractivity contribution in [3.8, 4) is 0 Å². The average Bonchev–Trinajstić information content (AvgIpc) is 2.60. The van der Waals surface area contributed by atoms with E-state index in [0.29, 0.717) is 25.9 Å². The van der Waals surface area contributed by atoms with Gasteiger partial charge in [-0.25, -0.2) is 4.79 Å². The molecule has 0 spiro atoms. The number of carbonyl (C=O) groups is 3. The fourth-order valence-electron chi connectivity index (χ4n) is 2.93. The maximum atomic E-state index is 12.5. The van der Waals surface area contributed by atoms with Gasteiger partial charge in [-0.05, 0) is 25.3 Å². The first-order valence-electron chi connectivity index (χ1n) is 8.21. The summed E-state index contributed by atoms with van der Waals surface area (Å²) in [5, 5.41) is 9.05. The summed E-state index contributed by atoms with van der Waals surface area (Å²) in [6, 6.07) is 8.65. The second kappa shape index (κ2) is 7.95. The number of likely N-dealkylation sites (tertiary alicyclic amines) is 1. The Morgan fingerprint density at radius 3 is 2.58 bits per heavy atom. The molecule has 2 rings (SSSR count). The van der Waals surface area contributed by atoms with Crippen molar-refractivity contribution >= 4 is 17.8 Å². The molecule has 1 N–H and O–H groups in total. The second-order valence-electron chi connectivity index (χ2n) is 6.30. The molecular weight excluding hydrogens is 308 g/mol. The molecule has 1 heterocycles. The van der Waals surface area contributed by atoms with E-state index in [1.54, 1.807) is 4.90 Å². The van der Waals surface area contributed by atoms with Crippen LogP contribution in [0.3, 0.4) is 0 Å². The monoisotopic (exact) mass is 332 g/mol. The molecule has 130 valence electrons. The molecule has 1 aliphatic heterocycles. The molecule has 2 unspecified atom stereocenters. The van der Waals surface area contributed by atoms with E-state index in [-0.39, 0.29) is 17.7 Å². The molecule has 2 atom stereocenters. The van der Waals surface area contributed by atoms with Crippen LogP contribution in [0, 0.1) is 5.92 Å². The highest BCUT2D eigenvalue weighted by Gasteiger charge is 2.32. The van der Waals surface area contributed by atoms with Gasteiger partial charge in [0.2, 0.25) is 11.8 Å². The van der Waals surface area contributed by atoms with Crippen LogP contribution in [-0.2, 0) is 20.8 Å². The van der Waals surface area contributed by atoms with E-state index >= 15 is 0 Å². The predicted octanol–water partition coefficient (Wildman–Crippen LogP) is 1.40. The number of hydrogen-bond donors (Lipinski definition) is 1. The fraction of sp³-hybridized carbons (Fsp3) is 0.500. The quantitative estimate of drug-likeness (QED) is 0.884. The molecular formula is C18H24N2O4. The normalized spacial score (nSPS) is 18.8. The Balaban J connectivity index is 1.97. The van der Waals surface area contributed by atoms with E-state index in [1.807, 2.05) is 30.3 Å². The summed E-state index contributed by atoms with van der Waals surface area (Å²) in [7, 11) is 1.51. The molecule has 0 radical (unpaired) electrons. The van der Waals surface area contributed by atoms with Gasteiger partial charge in [-0.15, -0.1) is 0 Å². The SMILES string of the molecule is CC(C(=O)O)N(C)C(=O)C1CCCN(C(=O)Cc2ccccc2)C1. The van der Waals surface area contributed by atoms with Gasteiger partial charge < -0.3 is 14.9 Å². The van der Waals surface area contributed by atoms with E-state index < -0.39 is 12.0 Å². The molecule has 1 aromatic carbocycles. The summed E-state index contributed by atoms with van der Waals surface area (Å²) >= 11 is 0. The van der Waals surface area contributed by atoms with Crippen molar-refractivity contribution in [2.75, 3.05) is 20.1 Å². The van der Waals surface area contributed by atoms with Crippen molar-refractivity contribution in [1.82, 2.24) is 9.80 Å². The van der Waals surface area contributed by atoms with Gasteiger partial charge in [0.15, 0.2) is 0 Å². The Bertz CT molecular complexity index is 602. The van der Waals surface area contributed by atoms with Crippen molar-refractivity contribution in [3.63, 3.8) is 0 Å². The Kier molecular flexibility index (Phi) is 5.95. The molecule has 1 aromatic rings. The average molecular weight is 332 g/mol. The van der Waals surface area contributed by atoms with Crippen LogP contribution in [0.4, 0.5) is 0 Å². The highest BCUT2D eigenvalue weighted by atomic mass is 16.4. The molecule has 1 aliphatic rings. The fourth-order valence-corrected chi connectivity index (χ4v) is 2.93. The predicted molar refractivity (Wildman–Crippen MR) is 89.3 cm³/mol. The summed E-state index contributed by atoms with van der Waals surface area (Å²) in [4.78, 5) is 39.0. The van der Waals surface area contributed by atoms with Crippen molar-refractivity contribution in [1.29, 1.82) is 0 Å². The molecule has 2 amide bonds. The summed E-state index contributed by atoms with van der Waals surface area (Å²) in [5.74, 6) is -1.56. The maximum Gasteiger partial charge on any atom is 0.326 e. The minimum absolute atomic E-state index is 0.00707. The van der Waals surface area contributed by atoms with Crippen LogP contribution in [0.15, 0.2) is 30.3 Å². The minimum atomic E-state index is -1.03. The number of carbonyl (C=O) groups excluding carboxylic acids is 2. The molecule has 1 fully saturated rings. The van der Waals surface area contributed by atoms with Gasteiger partial charge in [0.1, 0.15) is 6.04 Å².